The highest BCUT2D eigenvalue weighted by atomic mass is 32.1. The molecule has 1 N–H and O–H groups in total. The molecular formula is C22H30N4S. The van der Waals surface area contributed by atoms with E-state index in [9.17, 15) is 0 Å². The van der Waals surface area contributed by atoms with Crippen LogP contribution in [0.2, 0.25) is 0 Å². The minimum atomic E-state index is 0.617. The Morgan fingerprint density at radius 3 is 2.93 bits per heavy atom. The van der Waals surface area contributed by atoms with Crippen molar-refractivity contribution in [2.45, 2.75) is 50.9 Å². The zero-order valence-corrected chi connectivity index (χ0v) is 17.1. The van der Waals surface area contributed by atoms with E-state index in [1.54, 1.807) is 4.88 Å². The molecule has 27 heavy (non-hydrogen) atoms. The van der Waals surface area contributed by atoms with E-state index < -0.39 is 0 Å². The van der Waals surface area contributed by atoms with Crippen LogP contribution < -0.4 is 5.32 Å². The van der Waals surface area contributed by atoms with Crippen LogP contribution in [0.25, 0.3) is 0 Å². The molecule has 1 aromatic heterocycles. The SMILES string of the molecule is CN=C(NCCCc1nc2c(s1)CCCC2)N1CCC(c2ccccc2)C1. The number of aliphatic imine (C=N–C) groups is 1. The molecule has 0 amide bonds. The van der Waals surface area contributed by atoms with Crippen LogP contribution in [0, 0.1) is 0 Å². The molecular weight excluding hydrogens is 352 g/mol. The normalized spacial score (nSPS) is 20.0. The number of fused-ring (bicyclic) bond motifs is 1. The summed E-state index contributed by atoms with van der Waals surface area (Å²) in [6, 6.07) is 10.9. The summed E-state index contributed by atoms with van der Waals surface area (Å²) in [4.78, 5) is 13.3. The van der Waals surface area contributed by atoms with Gasteiger partial charge in [0.25, 0.3) is 0 Å². The van der Waals surface area contributed by atoms with Gasteiger partial charge in [-0.05, 0) is 44.1 Å². The van der Waals surface area contributed by atoms with Gasteiger partial charge in [0.2, 0.25) is 0 Å². The molecule has 0 spiro atoms. The van der Waals surface area contributed by atoms with Crippen molar-refractivity contribution in [1.29, 1.82) is 0 Å². The summed E-state index contributed by atoms with van der Waals surface area (Å²) in [5.41, 5.74) is 2.83. The molecule has 5 heteroatoms. The summed E-state index contributed by atoms with van der Waals surface area (Å²) in [6.45, 7) is 3.10. The van der Waals surface area contributed by atoms with E-state index in [1.165, 1.54) is 48.4 Å². The number of hydrogen-bond donors (Lipinski definition) is 1. The number of benzene rings is 1. The summed E-state index contributed by atoms with van der Waals surface area (Å²) in [7, 11) is 1.90. The van der Waals surface area contributed by atoms with Gasteiger partial charge >= 0.3 is 0 Å². The second kappa shape index (κ2) is 8.87. The third-order valence-corrected chi connectivity index (χ3v) is 6.93. The van der Waals surface area contributed by atoms with Crippen LogP contribution in [-0.4, -0.2) is 42.5 Å². The fourth-order valence-electron chi connectivity index (χ4n) is 4.23. The van der Waals surface area contributed by atoms with Crippen molar-refractivity contribution in [2.75, 3.05) is 26.7 Å². The Labute approximate surface area is 166 Å². The lowest BCUT2D eigenvalue weighted by atomic mass is 9.99. The van der Waals surface area contributed by atoms with Gasteiger partial charge in [-0.25, -0.2) is 4.98 Å². The monoisotopic (exact) mass is 382 g/mol. The van der Waals surface area contributed by atoms with Crippen LogP contribution >= 0.6 is 11.3 Å². The second-order valence-electron chi connectivity index (χ2n) is 7.60. The Balaban J connectivity index is 1.23. The van der Waals surface area contributed by atoms with Crippen molar-refractivity contribution < 1.29 is 0 Å². The first-order valence-electron chi connectivity index (χ1n) is 10.3. The van der Waals surface area contributed by atoms with Gasteiger partial charge in [0.05, 0.1) is 10.7 Å². The molecule has 2 aliphatic rings. The zero-order valence-electron chi connectivity index (χ0n) is 16.3. The van der Waals surface area contributed by atoms with Crippen LogP contribution in [-0.2, 0) is 19.3 Å². The number of nitrogens with zero attached hydrogens (tertiary/aromatic N) is 3. The molecule has 1 atom stereocenters. The topological polar surface area (TPSA) is 40.5 Å². The van der Waals surface area contributed by atoms with Crippen molar-refractivity contribution in [1.82, 2.24) is 15.2 Å². The van der Waals surface area contributed by atoms with E-state index in [4.69, 9.17) is 4.98 Å². The number of guanidine groups is 1. The average Bonchev–Trinajstić information content (AvgIpc) is 3.35. The molecule has 0 radical (unpaired) electrons. The smallest absolute Gasteiger partial charge is 0.193 e. The van der Waals surface area contributed by atoms with Gasteiger partial charge in [-0.15, -0.1) is 11.3 Å². The van der Waals surface area contributed by atoms with E-state index in [-0.39, 0.29) is 0 Å². The van der Waals surface area contributed by atoms with E-state index in [0.717, 1.165) is 38.4 Å². The fourth-order valence-corrected chi connectivity index (χ4v) is 5.43. The third kappa shape index (κ3) is 4.52. The van der Waals surface area contributed by atoms with Crippen molar-refractivity contribution in [3.63, 3.8) is 0 Å². The fraction of sp³-hybridized carbons (Fsp3) is 0.545. The first-order chi connectivity index (χ1) is 13.3. The van der Waals surface area contributed by atoms with Crippen LogP contribution in [0.5, 0.6) is 0 Å². The number of hydrogen-bond acceptors (Lipinski definition) is 3. The van der Waals surface area contributed by atoms with Crippen LogP contribution in [0.15, 0.2) is 35.3 Å². The van der Waals surface area contributed by atoms with E-state index in [2.05, 4.69) is 45.5 Å². The number of nitrogens with one attached hydrogen (secondary N) is 1. The van der Waals surface area contributed by atoms with Crippen molar-refractivity contribution >= 4 is 17.3 Å². The number of aryl methyl sites for hydroxylation is 3. The highest BCUT2D eigenvalue weighted by Gasteiger charge is 2.25. The maximum atomic E-state index is 4.86. The quantitative estimate of drug-likeness (QED) is 0.482. The molecule has 1 aliphatic heterocycles. The Morgan fingerprint density at radius 1 is 1.26 bits per heavy atom. The second-order valence-corrected chi connectivity index (χ2v) is 8.77. The van der Waals surface area contributed by atoms with Gasteiger partial charge in [0, 0.05) is 43.9 Å². The number of rotatable bonds is 5. The lowest BCUT2D eigenvalue weighted by Gasteiger charge is -2.21. The summed E-state index contributed by atoms with van der Waals surface area (Å²) < 4.78 is 0. The maximum absolute atomic E-state index is 4.86. The van der Waals surface area contributed by atoms with Crippen molar-refractivity contribution in [2.24, 2.45) is 4.99 Å². The molecule has 2 heterocycles. The molecule has 1 aliphatic carbocycles. The minimum Gasteiger partial charge on any atom is -0.356 e. The van der Waals surface area contributed by atoms with Crippen molar-refractivity contribution in [3.05, 3.63) is 51.5 Å². The predicted octanol–water partition coefficient (Wildman–Crippen LogP) is 4.02. The van der Waals surface area contributed by atoms with Gasteiger partial charge < -0.3 is 10.2 Å². The standard InChI is InChI=1S/C22H30N4S/c1-23-22(26-15-13-18(16-26)17-8-3-2-4-9-17)24-14-7-12-21-25-19-10-5-6-11-20(19)27-21/h2-4,8-9,18H,5-7,10-16H2,1H3,(H,23,24). The lowest BCUT2D eigenvalue weighted by Crippen LogP contribution is -2.40. The molecule has 1 saturated heterocycles. The van der Waals surface area contributed by atoms with E-state index >= 15 is 0 Å². The van der Waals surface area contributed by atoms with Crippen LogP contribution in [0.1, 0.15) is 52.7 Å². The first-order valence-corrected chi connectivity index (χ1v) is 11.1. The Morgan fingerprint density at radius 2 is 2.11 bits per heavy atom. The molecule has 2 aromatic rings. The zero-order chi connectivity index (χ0) is 18.5. The molecule has 0 saturated carbocycles. The average molecular weight is 383 g/mol. The molecule has 0 bridgehead atoms. The summed E-state index contributed by atoms with van der Waals surface area (Å²) in [5.74, 6) is 1.67. The number of thiazole rings is 1. The van der Waals surface area contributed by atoms with Crippen LogP contribution in [0.3, 0.4) is 0 Å². The summed E-state index contributed by atoms with van der Waals surface area (Å²) in [6.07, 6.45) is 8.48. The highest BCUT2D eigenvalue weighted by molar-refractivity contribution is 7.11. The molecule has 1 unspecified atom stereocenters. The Bertz CT molecular complexity index is 744. The third-order valence-electron chi connectivity index (χ3n) is 5.71. The van der Waals surface area contributed by atoms with E-state index in [0.29, 0.717) is 5.92 Å². The minimum absolute atomic E-state index is 0.617. The Kier molecular flexibility index (Phi) is 6.07. The van der Waals surface area contributed by atoms with E-state index in [1.807, 2.05) is 18.4 Å². The lowest BCUT2D eigenvalue weighted by molar-refractivity contribution is 0.485. The predicted molar refractivity (Wildman–Crippen MR) is 114 cm³/mol. The largest absolute Gasteiger partial charge is 0.356 e. The molecule has 4 nitrogen and oxygen atoms in total. The van der Waals surface area contributed by atoms with Crippen LogP contribution in [0.4, 0.5) is 0 Å². The van der Waals surface area contributed by atoms with Gasteiger partial charge in [0.15, 0.2) is 5.96 Å². The molecule has 1 aromatic carbocycles. The van der Waals surface area contributed by atoms with Gasteiger partial charge in [-0.2, -0.15) is 0 Å². The molecule has 4 rings (SSSR count). The molecule has 144 valence electrons. The highest BCUT2D eigenvalue weighted by Crippen LogP contribution is 2.28. The van der Waals surface area contributed by atoms with Gasteiger partial charge in [0.1, 0.15) is 0 Å². The summed E-state index contributed by atoms with van der Waals surface area (Å²) in [5, 5.41) is 4.89. The first kappa shape index (κ1) is 18.5. The molecule has 1 fully saturated rings. The Hall–Kier alpha value is -1.88. The van der Waals surface area contributed by atoms with Gasteiger partial charge in [-0.1, -0.05) is 30.3 Å². The summed E-state index contributed by atoms with van der Waals surface area (Å²) >= 11 is 1.94. The number of likely N-dealkylation sites (tertiary alicyclic amines) is 1. The van der Waals surface area contributed by atoms with Gasteiger partial charge in [-0.3, -0.25) is 4.99 Å². The maximum Gasteiger partial charge on any atom is 0.193 e. The number of aromatic nitrogens is 1. The van der Waals surface area contributed by atoms with Crippen molar-refractivity contribution in [3.8, 4) is 0 Å².